The van der Waals surface area contributed by atoms with Gasteiger partial charge in [0.15, 0.2) is 5.01 Å². The van der Waals surface area contributed by atoms with Crippen molar-refractivity contribution in [3.05, 3.63) is 33.3 Å². The van der Waals surface area contributed by atoms with Crippen LogP contribution in [0.15, 0.2) is 18.2 Å². The van der Waals surface area contributed by atoms with Gasteiger partial charge in [-0.25, -0.2) is 0 Å². The highest BCUT2D eigenvalue weighted by Crippen LogP contribution is 2.39. The molecule has 0 atom stereocenters. The van der Waals surface area contributed by atoms with Gasteiger partial charge in [-0.1, -0.05) is 17.4 Å². The van der Waals surface area contributed by atoms with E-state index in [4.69, 9.17) is 16.3 Å². The molecular weight excluding hydrogens is 302 g/mol. The molecule has 0 bridgehead atoms. The number of aryl methyl sites for hydroxylation is 1. The van der Waals surface area contributed by atoms with E-state index in [1.807, 2.05) is 0 Å². The Hall–Kier alpha value is -1.73. The first-order valence-corrected chi connectivity index (χ1v) is 7.31. The highest BCUT2D eigenvalue weighted by atomic mass is 35.5. The average Bonchev–Trinajstić information content (AvgIpc) is 2.88. The number of hydrogen-bond acceptors (Lipinski definition) is 6. The molecule has 20 heavy (non-hydrogen) atoms. The Kier molecular flexibility index (Phi) is 4.86. The number of aromatic nitrogens is 2. The van der Waals surface area contributed by atoms with E-state index in [1.54, 1.807) is 19.1 Å². The van der Waals surface area contributed by atoms with E-state index in [9.17, 15) is 10.1 Å². The fraction of sp³-hybridized carbons (Fsp3) is 0.333. The van der Waals surface area contributed by atoms with Gasteiger partial charge in [-0.15, -0.1) is 21.8 Å². The van der Waals surface area contributed by atoms with Gasteiger partial charge in [0.2, 0.25) is 5.75 Å². The van der Waals surface area contributed by atoms with Crippen molar-refractivity contribution in [2.24, 2.45) is 0 Å². The largest absolute Gasteiger partial charge is 0.487 e. The quantitative estimate of drug-likeness (QED) is 0.464. The predicted molar refractivity (Wildman–Crippen MR) is 77.6 cm³/mol. The number of halogens is 1. The molecule has 0 saturated heterocycles. The summed E-state index contributed by atoms with van der Waals surface area (Å²) in [5, 5.41) is 20.5. The summed E-state index contributed by atoms with van der Waals surface area (Å²) in [6.45, 7) is 2.12. The van der Waals surface area contributed by atoms with Gasteiger partial charge in [0, 0.05) is 18.4 Å². The zero-order valence-corrected chi connectivity index (χ0v) is 12.3. The fourth-order valence-electron chi connectivity index (χ4n) is 1.68. The third-order valence-electron chi connectivity index (χ3n) is 2.49. The minimum atomic E-state index is -0.463. The number of ether oxygens (including phenoxy) is 1. The molecule has 6 nitrogen and oxygen atoms in total. The Balaban J connectivity index is 2.48. The minimum Gasteiger partial charge on any atom is -0.487 e. The summed E-state index contributed by atoms with van der Waals surface area (Å²) in [6, 6.07) is 4.76. The third kappa shape index (κ3) is 3.05. The average molecular weight is 314 g/mol. The molecule has 0 saturated carbocycles. The number of nitrogens with zero attached hydrogens (tertiary/aromatic N) is 3. The first kappa shape index (κ1) is 14.7. The number of para-hydroxylation sites is 1. The smallest absolute Gasteiger partial charge is 0.311 e. The molecule has 0 unspecified atom stereocenters. The number of nitro benzene ring substituents is 1. The Morgan fingerprint density at radius 3 is 2.90 bits per heavy atom. The van der Waals surface area contributed by atoms with Crippen LogP contribution in [0.25, 0.3) is 10.6 Å². The molecule has 0 amide bonds. The zero-order valence-electron chi connectivity index (χ0n) is 10.7. The molecule has 0 N–H and O–H groups in total. The monoisotopic (exact) mass is 313 g/mol. The Morgan fingerprint density at radius 1 is 1.45 bits per heavy atom. The Labute approximate surface area is 124 Å². The van der Waals surface area contributed by atoms with E-state index < -0.39 is 4.92 Å². The molecular formula is C12H12ClN3O3S. The van der Waals surface area contributed by atoms with Gasteiger partial charge in [-0.05, 0) is 13.0 Å². The molecule has 0 spiro atoms. The van der Waals surface area contributed by atoms with Crippen molar-refractivity contribution in [1.82, 2.24) is 10.2 Å². The number of nitro groups is 1. The summed E-state index contributed by atoms with van der Waals surface area (Å²) in [6.07, 6.45) is 0.623. The lowest BCUT2D eigenvalue weighted by atomic mass is 10.2. The molecule has 0 aliphatic heterocycles. The van der Waals surface area contributed by atoms with Crippen molar-refractivity contribution in [3.63, 3.8) is 0 Å². The first-order chi connectivity index (χ1) is 9.67. The van der Waals surface area contributed by atoms with E-state index in [0.29, 0.717) is 29.5 Å². The predicted octanol–water partition coefficient (Wildman–Crippen LogP) is 3.29. The second kappa shape index (κ2) is 6.62. The lowest BCUT2D eigenvalue weighted by Gasteiger charge is -2.07. The first-order valence-electron chi connectivity index (χ1n) is 5.96. The molecule has 2 rings (SSSR count). The molecule has 2 aromatic rings. The Bertz CT molecular complexity index is 618. The molecule has 1 heterocycles. The van der Waals surface area contributed by atoms with Gasteiger partial charge in [-0.3, -0.25) is 10.1 Å². The molecule has 0 aliphatic carbocycles. The van der Waals surface area contributed by atoms with Crippen molar-refractivity contribution in [2.45, 2.75) is 13.3 Å². The number of alkyl halides is 1. The molecule has 106 valence electrons. The van der Waals surface area contributed by atoms with Gasteiger partial charge in [0.05, 0.1) is 17.1 Å². The van der Waals surface area contributed by atoms with Crippen LogP contribution in [0.2, 0.25) is 0 Å². The second-order valence-electron chi connectivity index (χ2n) is 3.78. The van der Waals surface area contributed by atoms with Crippen LogP contribution in [0.1, 0.15) is 11.9 Å². The van der Waals surface area contributed by atoms with Gasteiger partial charge in [0.1, 0.15) is 5.01 Å². The van der Waals surface area contributed by atoms with Crippen molar-refractivity contribution in [1.29, 1.82) is 0 Å². The van der Waals surface area contributed by atoms with Crippen LogP contribution < -0.4 is 4.74 Å². The second-order valence-corrected chi connectivity index (χ2v) is 5.22. The van der Waals surface area contributed by atoms with E-state index in [-0.39, 0.29) is 11.4 Å². The van der Waals surface area contributed by atoms with Crippen LogP contribution in [0.5, 0.6) is 5.75 Å². The summed E-state index contributed by atoms with van der Waals surface area (Å²) in [5.74, 6) is 0.690. The summed E-state index contributed by atoms with van der Waals surface area (Å²) in [7, 11) is 0. The van der Waals surface area contributed by atoms with E-state index in [2.05, 4.69) is 10.2 Å². The standard InChI is InChI=1S/C12H12ClN3O3S/c1-2-19-11-8(4-3-5-9(11)16(17)18)12-15-14-10(20-12)6-7-13/h3-5H,2,6-7H2,1H3. The van der Waals surface area contributed by atoms with E-state index >= 15 is 0 Å². The Morgan fingerprint density at radius 2 is 2.25 bits per heavy atom. The van der Waals surface area contributed by atoms with Crippen molar-refractivity contribution >= 4 is 28.6 Å². The van der Waals surface area contributed by atoms with Crippen LogP contribution in [-0.4, -0.2) is 27.6 Å². The molecule has 1 aromatic carbocycles. The number of rotatable bonds is 6. The summed E-state index contributed by atoms with van der Waals surface area (Å²) in [4.78, 5) is 10.6. The van der Waals surface area contributed by atoms with E-state index in [1.165, 1.54) is 17.4 Å². The van der Waals surface area contributed by atoms with Crippen molar-refractivity contribution in [2.75, 3.05) is 12.5 Å². The van der Waals surface area contributed by atoms with Crippen molar-refractivity contribution in [3.8, 4) is 16.3 Å². The zero-order chi connectivity index (χ0) is 14.5. The number of benzene rings is 1. The maximum absolute atomic E-state index is 11.1. The van der Waals surface area contributed by atoms with Crippen LogP contribution in [0.3, 0.4) is 0 Å². The van der Waals surface area contributed by atoms with Gasteiger partial charge in [-0.2, -0.15) is 0 Å². The van der Waals surface area contributed by atoms with Gasteiger partial charge in [0.25, 0.3) is 0 Å². The third-order valence-corrected chi connectivity index (χ3v) is 3.69. The fourth-order valence-corrected chi connectivity index (χ4v) is 2.83. The van der Waals surface area contributed by atoms with E-state index in [0.717, 1.165) is 5.01 Å². The SMILES string of the molecule is CCOc1c(-c2nnc(CCCl)s2)cccc1[N+](=O)[O-]. The molecule has 1 aromatic heterocycles. The van der Waals surface area contributed by atoms with Gasteiger partial charge < -0.3 is 4.74 Å². The summed E-state index contributed by atoms with van der Waals surface area (Å²) < 4.78 is 5.42. The van der Waals surface area contributed by atoms with Gasteiger partial charge >= 0.3 is 5.69 Å². The lowest BCUT2D eigenvalue weighted by molar-refractivity contribution is -0.385. The molecule has 8 heteroatoms. The van der Waals surface area contributed by atoms with Crippen LogP contribution in [0.4, 0.5) is 5.69 Å². The van der Waals surface area contributed by atoms with Crippen molar-refractivity contribution < 1.29 is 9.66 Å². The molecule has 0 fully saturated rings. The topological polar surface area (TPSA) is 78.2 Å². The summed E-state index contributed by atoms with van der Waals surface area (Å²) in [5.41, 5.74) is 0.512. The van der Waals surface area contributed by atoms with Crippen LogP contribution in [-0.2, 0) is 6.42 Å². The normalized spacial score (nSPS) is 10.5. The highest BCUT2D eigenvalue weighted by molar-refractivity contribution is 7.14. The number of hydrogen-bond donors (Lipinski definition) is 0. The summed E-state index contributed by atoms with van der Waals surface area (Å²) >= 11 is 7.03. The lowest BCUT2D eigenvalue weighted by Crippen LogP contribution is -1.99. The minimum absolute atomic E-state index is 0.0709. The maximum Gasteiger partial charge on any atom is 0.311 e. The molecule has 0 radical (unpaired) electrons. The van der Waals surface area contributed by atoms with Crippen LogP contribution >= 0.6 is 22.9 Å². The van der Waals surface area contributed by atoms with Crippen LogP contribution in [0, 0.1) is 10.1 Å². The highest BCUT2D eigenvalue weighted by Gasteiger charge is 2.21. The molecule has 0 aliphatic rings. The maximum atomic E-state index is 11.1.